The Hall–Kier alpha value is -0.820. The number of non-ortho nitro benzene ring substituents is 1. The van der Waals surface area contributed by atoms with Crippen LogP contribution in [0.25, 0.3) is 0 Å². The van der Waals surface area contributed by atoms with Gasteiger partial charge in [-0.25, -0.2) is 0 Å². The van der Waals surface area contributed by atoms with Crippen molar-refractivity contribution in [1.82, 2.24) is 0 Å². The van der Waals surface area contributed by atoms with E-state index >= 15 is 0 Å². The van der Waals surface area contributed by atoms with E-state index in [2.05, 4.69) is 0 Å². The van der Waals surface area contributed by atoms with Crippen LogP contribution in [-0.4, -0.2) is 33.6 Å². The minimum Gasteiger partial charge on any atom is -0.394 e. The maximum Gasteiger partial charge on any atom is 0.269 e. The topological polar surface area (TPSA) is 83.6 Å². The second-order valence-electron chi connectivity index (χ2n) is 3.38. The molecule has 0 spiro atoms. The zero-order chi connectivity index (χ0) is 12.8. The van der Waals surface area contributed by atoms with E-state index in [1.54, 1.807) is 0 Å². The molecule has 0 aromatic heterocycles. The first-order chi connectivity index (χ1) is 8.04. The average Bonchev–Trinajstić information content (AvgIpc) is 2.30. The predicted molar refractivity (Wildman–Crippen MR) is 67.4 cm³/mol. The van der Waals surface area contributed by atoms with Crippen LogP contribution >= 0.6 is 23.4 Å². The number of benzene rings is 1. The molecular weight excluding hydrogens is 266 g/mol. The summed E-state index contributed by atoms with van der Waals surface area (Å²) in [6.07, 6.45) is -0.780. The van der Waals surface area contributed by atoms with Gasteiger partial charge in [-0.05, 0) is 11.6 Å². The number of nitro benzene ring substituents is 1. The molecule has 0 saturated carbocycles. The number of halogens is 1. The zero-order valence-corrected chi connectivity index (χ0v) is 10.4. The number of nitrogens with zero attached hydrogens (tertiary/aromatic N) is 1. The molecule has 0 aliphatic rings. The molecule has 17 heavy (non-hydrogen) atoms. The van der Waals surface area contributed by atoms with Crippen molar-refractivity contribution < 1.29 is 15.1 Å². The highest BCUT2D eigenvalue weighted by molar-refractivity contribution is 7.98. The molecule has 2 N–H and O–H groups in total. The first-order valence-corrected chi connectivity index (χ1v) is 6.37. The summed E-state index contributed by atoms with van der Waals surface area (Å²) in [5.41, 5.74) is 0.642. The third kappa shape index (κ3) is 4.51. The highest BCUT2D eigenvalue weighted by Gasteiger charge is 2.10. The summed E-state index contributed by atoms with van der Waals surface area (Å²) in [6.45, 7) is -0.296. The van der Waals surface area contributed by atoms with Gasteiger partial charge in [0.1, 0.15) is 0 Å². The summed E-state index contributed by atoms with van der Waals surface area (Å²) in [5.74, 6) is 0.813. The van der Waals surface area contributed by atoms with Crippen LogP contribution in [0, 0.1) is 10.1 Å². The van der Waals surface area contributed by atoms with Crippen molar-refractivity contribution in [3.05, 3.63) is 38.9 Å². The number of nitro groups is 1. The first kappa shape index (κ1) is 14.2. The lowest BCUT2D eigenvalue weighted by molar-refractivity contribution is -0.384. The van der Waals surface area contributed by atoms with E-state index in [0.29, 0.717) is 22.1 Å². The lowest BCUT2D eigenvalue weighted by Crippen LogP contribution is -2.14. The van der Waals surface area contributed by atoms with Gasteiger partial charge in [0.2, 0.25) is 0 Å². The second-order valence-corrected chi connectivity index (χ2v) is 4.82. The Balaban J connectivity index is 2.63. The fourth-order valence-electron chi connectivity index (χ4n) is 1.14. The van der Waals surface area contributed by atoms with Gasteiger partial charge in [-0.2, -0.15) is 11.8 Å². The molecule has 0 saturated heterocycles. The number of thioether (sulfide) groups is 1. The molecule has 0 fully saturated rings. The summed E-state index contributed by atoms with van der Waals surface area (Å²) in [7, 11) is 0. The summed E-state index contributed by atoms with van der Waals surface area (Å²) in [5, 5.41) is 28.8. The van der Waals surface area contributed by atoms with E-state index in [9.17, 15) is 10.1 Å². The molecule has 0 radical (unpaired) electrons. The summed E-state index contributed by atoms with van der Waals surface area (Å²) in [4.78, 5) is 10.1. The van der Waals surface area contributed by atoms with Gasteiger partial charge < -0.3 is 10.2 Å². The molecular formula is C10H12ClNO4S. The quantitative estimate of drug-likeness (QED) is 0.612. The van der Waals surface area contributed by atoms with Crippen molar-refractivity contribution in [3.8, 4) is 0 Å². The normalized spacial score (nSPS) is 12.4. The Morgan fingerprint density at radius 1 is 1.53 bits per heavy atom. The Morgan fingerprint density at radius 2 is 2.24 bits per heavy atom. The molecule has 1 rings (SSSR count). The van der Waals surface area contributed by atoms with Crippen molar-refractivity contribution in [2.45, 2.75) is 11.9 Å². The molecule has 1 aromatic rings. The van der Waals surface area contributed by atoms with E-state index < -0.39 is 11.0 Å². The average molecular weight is 278 g/mol. The van der Waals surface area contributed by atoms with Gasteiger partial charge in [0.05, 0.1) is 17.6 Å². The predicted octanol–water partition coefficient (Wildman–Crippen LogP) is 1.83. The highest BCUT2D eigenvalue weighted by atomic mass is 35.5. The van der Waals surface area contributed by atoms with E-state index in [1.165, 1.54) is 30.0 Å². The van der Waals surface area contributed by atoms with Crippen molar-refractivity contribution in [1.29, 1.82) is 0 Å². The summed E-state index contributed by atoms with van der Waals surface area (Å²) in [6, 6.07) is 4.25. The number of hydrogen-bond donors (Lipinski definition) is 2. The van der Waals surface area contributed by atoms with Crippen molar-refractivity contribution >= 4 is 29.1 Å². The molecule has 1 aromatic carbocycles. The molecule has 7 heteroatoms. The van der Waals surface area contributed by atoms with E-state index in [1.807, 2.05) is 0 Å². The molecule has 0 heterocycles. The van der Waals surface area contributed by atoms with E-state index in [-0.39, 0.29) is 12.3 Å². The second kappa shape index (κ2) is 6.80. The fourth-order valence-corrected chi connectivity index (χ4v) is 2.36. The molecule has 94 valence electrons. The molecule has 0 aliphatic carbocycles. The first-order valence-electron chi connectivity index (χ1n) is 4.84. The molecule has 1 unspecified atom stereocenters. The van der Waals surface area contributed by atoms with Gasteiger partial charge in [0.25, 0.3) is 5.69 Å². The van der Waals surface area contributed by atoms with Gasteiger partial charge >= 0.3 is 0 Å². The number of rotatable bonds is 6. The van der Waals surface area contributed by atoms with Crippen LogP contribution in [0.3, 0.4) is 0 Å². The largest absolute Gasteiger partial charge is 0.394 e. The maximum atomic E-state index is 10.6. The number of hydrogen-bond acceptors (Lipinski definition) is 5. The maximum absolute atomic E-state index is 10.6. The van der Waals surface area contributed by atoms with Crippen LogP contribution in [0.4, 0.5) is 5.69 Å². The molecule has 0 amide bonds. The minimum atomic E-state index is -0.780. The standard InChI is InChI=1S/C10H12ClNO4S/c11-10-2-1-8(12(15)16)3-7(10)5-17-6-9(14)4-13/h1-3,9,13-14H,4-6H2. The van der Waals surface area contributed by atoms with Gasteiger partial charge in [0.15, 0.2) is 0 Å². The third-order valence-corrected chi connectivity index (χ3v) is 3.52. The fraction of sp³-hybridized carbons (Fsp3) is 0.400. The van der Waals surface area contributed by atoms with Gasteiger partial charge in [-0.15, -0.1) is 0 Å². The Labute approximate surface area is 108 Å². The summed E-state index contributed by atoms with van der Waals surface area (Å²) < 4.78 is 0. The lowest BCUT2D eigenvalue weighted by Gasteiger charge is -2.07. The SMILES string of the molecule is O=[N+]([O-])c1ccc(Cl)c(CSCC(O)CO)c1. The van der Waals surface area contributed by atoms with E-state index in [4.69, 9.17) is 21.8 Å². The number of aliphatic hydroxyl groups excluding tert-OH is 2. The van der Waals surface area contributed by atoms with E-state index in [0.717, 1.165) is 0 Å². The minimum absolute atomic E-state index is 0.00675. The third-order valence-electron chi connectivity index (χ3n) is 2.02. The monoisotopic (exact) mass is 277 g/mol. The van der Waals surface area contributed by atoms with Crippen LogP contribution in [-0.2, 0) is 5.75 Å². The zero-order valence-electron chi connectivity index (χ0n) is 8.88. The lowest BCUT2D eigenvalue weighted by atomic mass is 10.2. The van der Waals surface area contributed by atoms with Crippen LogP contribution < -0.4 is 0 Å². The van der Waals surface area contributed by atoms with Crippen LogP contribution in [0.1, 0.15) is 5.56 Å². The van der Waals surface area contributed by atoms with Crippen LogP contribution in [0.5, 0.6) is 0 Å². The van der Waals surface area contributed by atoms with Crippen molar-refractivity contribution in [3.63, 3.8) is 0 Å². The smallest absolute Gasteiger partial charge is 0.269 e. The Bertz CT molecular complexity index is 402. The van der Waals surface area contributed by atoms with Crippen LogP contribution in [0.2, 0.25) is 5.02 Å². The van der Waals surface area contributed by atoms with Crippen molar-refractivity contribution in [2.75, 3.05) is 12.4 Å². The molecule has 1 atom stereocenters. The van der Waals surface area contributed by atoms with Gasteiger partial charge in [0, 0.05) is 28.7 Å². The molecule has 0 aliphatic heterocycles. The van der Waals surface area contributed by atoms with Gasteiger partial charge in [-0.1, -0.05) is 11.6 Å². The van der Waals surface area contributed by atoms with Gasteiger partial charge in [-0.3, -0.25) is 10.1 Å². The Morgan fingerprint density at radius 3 is 2.82 bits per heavy atom. The molecule has 0 bridgehead atoms. The highest BCUT2D eigenvalue weighted by Crippen LogP contribution is 2.25. The van der Waals surface area contributed by atoms with Crippen LogP contribution in [0.15, 0.2) is 18.2 Å². The number of aliphatic hydroxyl groups is 2. The molecule has 5 nitrogen and oxygen atoms in total. The summed E-state index contributed by atoms with van der Waals surface area (Å²) >= 11 is 7.26. The Kier molecular flexibility index (Phi) is 5.70. The van der Waals surface area contributed by atoms with Crippen molar-refractivity contribution in [2.24, 2.45) is 0 Å².